The number of nitrogens with zero attached hydrogens (tertiary/aromatic N) is 1. The molecule has 3 rings (SSSR count). The van der Waals surface area contributed by atoms with E-state index in [9.17, 15) is 4.79 Å². The monoisotopic (exact) mass is 291 g/mol. The molecule has 2 aromatic carbocycles. The molecule has 0 heterocycles. The van der Waals surface area contributed by atoms with E-state index < -0.39 is 0 Å². The minimum Gasteiger partial charge on any atom is -0.378 e. The van der Waals surface area contributed by atoms with Crippen molar-refractivity contribution in [2.45, 2.75) is 19.3 Å². The van der Waals surface area contributed by atoms with E-state index in [1.165, 1.54) is 11.3 Å². The Balaban J connectivity index is 1.92. The third-order valence-corrected chi connectivity index (χ3v) is 4.20. The van der Waals surface area contributed by atoms with Gasteiger partial charge < -0.3 is 4.90 Å². The molecule has 0 atom stereocenters. The third-order valence-electron chi connectivity index (χ3n) is 4.20. The Morgan fingerprint density at radius 1 is 0.955 bits per heavy atom. The van der Waals surface area contributed by atoms with E-state index in [2.05, 4.69) is 35.2 Å². The number of ketones is 1. The molecule has 0 amide bonds. The van der Waals surface area contributed by atoms with Crippen molar-refractivity contribution in [2.75, 3.05) is 19.0 Å². The minimum atomic E-state index is 0.185. The van der Waals surface area contributed by atoms with E-state index in [1.807, 2.05) is 38.4 Å². The molecule has 0 spiro atoms. The number of carbonyl (C=O) groups excluding carboxylic acids is 1. The van der Waals surface area contributed by atoms with Crippen molar-refractivity contribution in [1.29, 1.82) is 0 Å². The highest BCUT2D eigenvalue weighted by atomic mass is 16.1. The molecule has 1 aliphatic rings. The van der Waals surface area contributed by atoms with Crippen molar-refractivity contribution in [3.05, 3.63) is 70.8 Å². The van der Waals surface area contributed by atoms with Crippen LogP contribution in [0.5, 0.6) is 0 Å². The van der Waals surface area contributed by atoms with E-state index in [0.29, 0.717) is 0 Å². The van der Waals surface area contributed by atoms with E-state index in [4.69, 9.17) is 0 Å². The second kappa shape index (κ2) is 6.18. The van der Waals surface area contributed by atoms with Crippen molar-refractivity contribution in [3.63, 3.8) is 0 Å². The van der Waals surface area contributed by atoms with Crippen LogP contribution in [0.25, 0.3) is 6.08 Å². The maximum absolute atomic E-state index is 12.7. The highest BCUT2D eigenvalue weighted by Crippen LogP contribution is 2.26. The lowest BCUT2D eigenvalue weighted by Crippen LogP contribution is -2.08. The average molecular weight is 291 g/mol. The van der Waals surface area contributed by atoms with Crippen molar-refractivity contribution in [2.24, 2.45) is 0 Å². The fourth-order valence-corrected chi connectivity index (χ4v) is 2.92. The van der Waals surface area contributed by atoms with E-state index in [-0.39, 0.29) is 5.78 Å². The van der Waals surface area contributed by atoms with E-state index in [0.717, 1.165) is 36.0 Å². The normalized spacial score (nSPS) is 16.3. The van der Waals surface area contributed by atoms with Crippen molar-refractivity contribution < 1.29 is 4.79 Å². The predicted molar refractivity (Wildman–Crippen MR) is 92.5 cm³/mol. The van der Waals surface area contributed by atoms with Gasteiger partial charge in [-0.25, -0.2) is 0 Å². The zero-order valence-corrected chi connectivity index (χ0v) is 13.2. The van der Waals surface area contributed by atoms with E-state index in [1.54, 1.807) is 0 Å². The standard InChI is InChI=1S/C20H21NO/c1-21(2)18-12-10-15(11-13-18)14-17-8-5-7-16-6-3-4-9-19(16)20(17)22/h3-4,6,9-14H,5,7-8H2,1-2H3/b17-14-. The SMILES string of the molecule is CN(C)c1ccc(/C=C2/CCCc3ccccc3C2=O)cc1. The van der Waals surface area contributed by atoms with Crippen molar-refractivity contribution >= 4 is 17.5 Å². The Hall–Kier alpha value is -2.35. The lowest BCUT2D eigenvalue weighted by atomic mass is 9.98. The zero-order valence-electron chi connectivity index (χ0n) is 13.2. The number of allylic oxidation sites excluding steroid dienone is 1. The number of anilines is 1. The molecule has 112 valence electrons. The molecular formula is C20H21NO. The van der Waals surface area contributed by atoms with Gasteiger partial charge in [0, 0.05) is 30.9 Å². The van der Waals surface area contributed by atoms with Crippen LogP contribution in [0.3, 0.4) is 0 Å². The molecule has 2 aromatic rings. The molecule has 0 N–H and O–H groups in total. The van der Waals surface area contributed by atoms with Crippen LogP contribution in [0, 0.1) is 0 Å². The lowest BCUT2D eigenvalue weighted by Gasteiger charge is -2.12. The fourth-order valence-electron chi connectivity index (χ4n) is 2.92. The fraction of sp³-hybridized carbons (Fsp3) is 0.250. The topological polar surface area (TPSA) is 20.3 Å². The lowest BCUT2D eigenvalue weighted by molar-refractivity contribution is 0.103. The van der Waals surface area contributed by atoms with Crippen LogP contribution < -0.4 is 4.90 Å². The molecule has 0 radical (unpaired) electrons. The smallest absolute Gasteiger partial charge is 0.189 e. The predicted octanol–water partition coefficient (Wildman–Crippen LogP) is 4.36. The molecule has 2 nitrogen and oxygen atoms in total. The molecule has 0 saturated heterocycles. The maximum atomic E-state index is 12.7. The summed E-state index contributed by atoms with van der Waals surface area (Å²) in [6, 6.07) is 16.3. The summed E-state index contributed by atoms with van der Waals surface area (Å²) in [6.45, 7) is 0. The summed E-state index contributed by atoms with van der Waals surface area (Å²) >= 11 is 0. The molecule has 1 aliphatic carbocycles. The van der Waals surface area contributed by atoms with Gasteiger partial charge >= 0.3 is 0 Å². The van der Waals surface area contributed by atoms with Crippen molar-refractivity contribution in [1.82, 2.24) is 0 Å². The van der Waals surface area contributed by atoms with Crippen LogP contribution >= 0.6 is 0 Å². The summed E-state index contributed by atoms with van der Waals surface area (Å²) in [5, 5.41) is 0. The van der Waals surface area contributed by atoms with Crippen molar-refractivity contribution in [3.8, 4) is 0 Å². The van der Waals surface area contributed by atoms with Gasteiger partial charge in [-0.15, -0.1) is 0 Å². The molecule has 2 heteroatoms. The molecule has 0 bridgehead atoms. The van der Waals surface area contributed by atoms with Crippen LogP contribution in [-0.2, 0) is 6.42 Å². The summed E-state index contributed by atoms with van der Waals surface area (Å²) in [7, 11) is 4.05. The van der Waals surface area contributed by atoms with Gasteiger partial charge in [0.2, 0.25) is 0 Å². The van der Waals surface area contributed by atoms with Gasteiger partial charge in [0.05, 0.1) is 0 Å². The molecule has 0 fully saturated rings. The van der Waals surface area contributed by atoms with Gasteiger partial charge in [-0.2, -0.15) is 0 Å². The van der Waals surface area contributed by atoms with Gasteiger partial charge in [-0.1, -0.05) is 36.4 Å². The Morgan fingerprint density at radius 2 is 1.68 bits per heavy atom. The Morgan fingerprint density at radius 3 is 2.41 bits per heavy atom. The molecule has 22 heavy (non-hydrogen) atoms. The Kier molecular flexibility index (Phi) is 4.10. The first-order valence-corrected chi connectivity index (χ1v) is 7.76. The summed E-state index contributed by atoms with van der Waals surface area (Å²) in [5.74, 6) is 0.185. The number of rotatable bonds is 2. The van der Waals surface area contributed by atoms with Crippen LogP contribution in [0.1, 0.15) is 34.3 Å². The van der Waals surface area contributed by atoms with E-state index >= 15 is 0 Å². The average Bonchev–Trinajstić information content (AvgIpc) is 2.68. The second-order valence-electron chi connectivity index (χ2n) is 6.00. The van der Waals surface area contributed by atoms with Gasteiger partial charge in [0.1, 0.15) is 0 Å². The summed E-state index contributed by atoms with van der Waals surface area (Å²) in [5.41, 5.74) is 5.23. The van der Waals surface area contributed by atoms with Gasteiger partial charge in [0.15, 0.2) is 5.78 Å². The van der Waals surface area contributed by atoms with Gasteiger partial charge in [0.25, 0.3) is 0 Å². The first-order chi connectivity index (χ1) is 10.6. The molecule has 0 aromatic heterocycles. The summed E-state index contributed by atoms with van der Waals surface area (Å²) in [6.07, 6.45) is 4.91. The second-order valence-corrected chi connectivity index (χ2v) is 6.00. The van der Waals surface area contributed by atoms with Crippen LogP contribution in [-0.4, -0.2) is 19.9 Å². The van der Waals surface area contributed by atoms with Gasteiger partial charge in [-0.05, 0) is 48.6 Å². The Labute approximate surface area is 132 Å². The maximum Gasteiger partial charge on any atom is 0.189 e. The first-order valence-electron chi connectivity index (χ1n) is 7.76. The molecule has 0 saturated carbocycles. The van der Waals surface area contributed by atoms with Crippen LogP contribution in [0.4, 0.5) is 5.69 Å². The number of aryl methyl sites for hydroxylation is 1. The summed E-state index contributed by atoms with van der Waals surface area (Å²) in [4.78, 5) is 14.8. The Bertz CT molecular complexity index is 711. The summed E-state index contributed by atoms with van der Waals surface area (Å²) < 4.78 is 0. The van der Waals surface area contributed by atoms with Crippen LogP contribution in [0.15, 0.2) is 54.1 Å². The van der Waals surface area contributed by atoms with Crippen LogP contribution in [0.2, 0.25) is 0 Å². The number of hydrogen-bond donors (Lipinski definition) is 0. The number of fused-ring (bicyclic) bond motifs is 1. The highest BCUT2D eigenvalue weighted by molar-refractivity contribution is 6.12. The number of benzene rings is 2. The minimum absolute atomic E-state index is 0.185. The molecule has 0 aliphatic heterocycles. The third kappa shape index (κ3) is 2.96. The first kappa shape index (κ1) is 14.6. The number of carbonyl (C=O) groups is 1. The number of hydrogen-bond acceptors (Lipinski definition) is 2. The molecule has 0 unspecified atom stereocenters. The van der Waals surface area contributed by atoms with Gasteiger partial charge in [-0.3, -0.25) is 4.79 Å². The highest BCUT2D eigenvalue weighted by Gasteiger charge is 2.19. The number of Topliss-reactive ketones (excluding diaryl/α,β-unsaturated/α-hetero) is 1. The molecular weight excluding hydrogens is 270 g/mol. The largest absolute Gasteiger partial charge is 0.378 e. The zero-order chi connectivity index (χ0) is 15.5. The quantitative estimate of drug-likeness (QED) is 0.605.